The number of imide groups is 1. The van der Waals surface area contributed by atoms with E-state index in [2.05, 4.69) is 10.6 Å². The van der Waals surface area contributed by atoms with Crippen LogP contribution in [-0.2, 0) is 25.7 Å². The largest absolute Gasteiger partial charge is 0.462 e. The van der Waals surface area contributed by atoms with E-state index in [1.807, 2.05) is 17.5 Å². The summed E-state index contributed by atoms with van der Waals surface area (Å²) in [5, 5.41) is 6.90. The van der Waals surface area contributed by atoms with Crippen molar-refractivity contribution in [2.24, 2.45) is 5.92 Å². The standard InChI is InChI=1S/C23H19N3O6S3/c1-2-32-22(30)11-5-7-12(8-6-11)24-14(27)10-26-21-18(35-23(26)31)15(13-4-3-9-33-13)16-17(34-21)20(29)25-19(16)28/h3-9,15-17H,2,10H2,1H3,(H,24,27)(H,25,28,29)/t15-,16+,17-/m0/s1. The van der Waals surface area contributed by atoms with Crippen molar-refractivity contribution in [3.8, 4) is 0 Å². The number of thioether (sulfide) groups is 1. The first-order valence-electron chi connectivity index (χ1n) is 10.7. The van der Waals surface area contributed by atoms with Gasteiger partial charge in [-0.2, -0.15) is 0 Å². The topological polar surface area (TPSA) is 124 Å². The molecule has 5 rings (SSSR count). The molecule has 3 amide bonds. The molecule has 1 saturated heterocycles. The Morgan fingerprint density at radius 3 is 2.57 bits per heavy atom. The van der Waals surface area contributed by atoms with E-state index in [-0.39, 0.29) is 29.8 Å². The number of rotatable bonds is 6. The maximum atomic E-state index is 12.9. The van der Waals surface area contributed by atoms with Gasteiger partial charge in [-0.25, -0.2) is 4.79 Å². The zero-order chi connectivity index (χ0) is 24.7. The van der Waals surface area contributed by atoms with E-state index in [1.165, 1.54) is 15.9 Å². The summed E-state index contributed by atoms with van der Waals surface area (Å²) in [4.78, 5) is 63.9. The first kappa shape index (κ1) is 23.5. The number of thiazole rings is 1. The molecule has 4 heterocycles. The lowest BCUT2D eigenvalue weighted by Gasteiger charge is -2.29. The zero-order valence-corrected chi connectivity index (χ0v) is 20.8. The van der Waals surface area contributed by atoms with Gasteiger partial charge >= 0.3 is 10.8 Å². The maximum Gasteiger partial charge on any atom is 0.338 e. The van der Waals surface area contributed by atoms with Crippen molar-refractivity contribution in [3.05, 3.63) is 66.8 Å². The third-order valence-corrected chi connectivity index (χ3v) is 9.29. The number of thiophene rings is 1. The second-order valence-corrected chi connectivity index (χ2v) is 11.0. The number of carbonyl (C=O) groups excluding carboxylic acids is 4. The van der Waals surface area contributed by atoms with E-state index in [9.17, 15) is 24.0 Å². The quantitative estimate of drug-likeness (QED) is 0.372. The van der Waals surface area contributed by atoms with E-state index in [0.29, 0.717) is 21.2 Å². The van der Waals surface area contributed by atoms with Crippen molar-refractivity contribution < 1.29 is 23.9 Å². The smallest absolute Gasteiger partial charge is 0.338 e. The molecule has 12 heteroatoms. The molecule has 3 aromatic rings. The van der Waals surface area contributed by atoms with Crippen LogP contribution in [0.5, 0.6) is 0 Å². The zero-order valence-electron chi connectivity index (χ0n) is 18.3. The van der Waals surface area contributed by atoms with Crippen LogP contribution in [0.2, 0.25) is 0 Å². The SMILES string of the molecule is CCOC(=O)c1ccc(NC(=O)Cn2c3c(sc2=O)[C@@H](c2cccs2)[C@H]2C(=O)NC(=O)[C@H]2S3)cc1. The fourth-order valence-electron chi connectivity index (χ4n) is 4.20. The van der Waals surface area contributed by atoms with Crippen molar-refractivity contribution in [3.63, 3.8) is 0 Å². The number of amides is 3. The number of benzene rings is 1. The van der Waals surface area contributed by atoms with Gasteiger partial charge in [-0.3, -0.25) is 29.1 Å². The Kier molecular flexibility index (Phi) is 6.34. The summed E-state index contributed by atoms with van der Waals surface area (Å²) in [6, 6.07) is 10.0. The van der Waals surface area contributed by atoms with Crippen molar-refractivity contribution in [2.45, 2.75) is 29.7 Å². The number of carbonyl (C=O) groups is 4. The number of nitrogens with one attached hydrogen (secondary N) is 2. The summed E-state index contributed by atoms with van der Waals surface area (Å²) in [5.74, 6) is -2.62. The lowest BCUT2D eigenvalue weighted by molar-refractivity contribution is -0.126. The highest BCUT2D eigenvalue weighted by Gasteiger charge is 2.53. The van der Waals surface area contributed by atoms with Gasteiger partial charge in [0, 0.05) is 21.4 Å². The third-order valence-electron chi connectivity index (χ3n) is 5.72. The maximum absolute atomic E-state index is 12.9. The van der Waals surface area contributed by atoms with Crippen LogP contribution in [-0.4, -0.2) is 40.1 Å². The molecule has 35 heavy (non-hydrogen) atoms. The molecule has 2 aliphatic heterocycles. The van der Waals surface area contributed by atoms with Gasteiger partial charge in [0.25, 0.3) is 0 Å². The molecule has 0 radical (unpaired) electrons. The Bertz CT molecular complexity index is 1380. The van der Waals surface area contributed by atoms with Crippen LogP contribution in [0.25, 0.3) is 0 Å². The lowest BCUT2D eigenvalue weighted by Crippen LogP contribution is -2.32. The Balaban J connectivity index is 1.40. The molecule has 0 unspecified atom stereocenters. The van der Waals surface area contributed by atoms with Crippen molar-refractivity contribution >= 4 is 63.8 Å². The molecule has 3 atom stereocenters. The molecule has 2 N–H and O–H groups in total. The molecular weight excluding hydrogens is 510 g/mol. The number of esters is 1. The van der Waals surface area contributed by atoms with Crippen LogP contribution in [0.1, 0.15) is 33.0 Å². The van der Waals surface area contributed by atoms with E-state index in [4.69, 9.17) is 4.74 Å². The fourth-order valence-corrected chi connectivity index (χ4v) is 7.89. The first-order valence-corrected chi connectivity index (χ1v) is 13.3. The minimum absolute atomic E-state index is 0.249. The second-order valence-electron chi connectivity index (χ2n) is 7.88. The summed E-state index contributed by atoms with van der Waals surface area (Å²) < 4.78 is 6.31. The van der Waals surface area contributed by atoms with E-state index in [1.54, 1.807) is 31.2 Å². The van der Waals surface area contributed by atoms with Gasteiger partial charge in [0.2, 0.25) is 17.7 Å². The molecule has 1 fully saturated rings. The van der Waals surface area contributed by atoms with Crippen LogP contribution in [0, 0.1) is 5.92 Å². The summed E-state index contributed by atoms with van der Waals surface area (Å²) in [6.45, 7) is 1.73. The second kappa shape index (κ2) is 9.44. The molecule has 0 bridgehead atoms. The molecule has 0 saturated carbocycles. The van der Waals surface area contributed by atoms with Crippen molar-refractivity contribution in [2.75, 3.05) is 11.9 Å². The van der Waals surface area contributed by atoms with Gasteiger partial charge in [-0.15, -0.1) is 11.3 Å². The lowest BCUT2D eigenvalue weighted by atomic mass is 9.87. The monoisotopic (exact) mass is 529 g/mol. The summed E-state index contributed by atoms with van der Waals surface area (Å²) in [5.41, 5.74) is 0.827. The molecule has 0 spiro atoms. The number of ether oxygens (including phenoxy) is 1. The van der Waals surface area contributed by atoms with Gasteiger partial charge in [0.05, 0.1) is 23.1 Å². The van der Waals surface area contributed by atoms with Crippen molar-refractivity contribution in [1.82, 2.24) is 9.88 Å². The normalized spacial score (nSPS) is 20.7. The number of hydrogen-bond donors (Lipinski definition) is 2. The van der Waals surface area contributed by atoms with Gasteiger partial charge < -0.3 is 10.1 Å². The predicted octanol–water partition coefficient (Wildman–Crippen LogP) is 2.67. The van der Waals surface area contributed by atoms with E-state index in [0.717, 1.165) is 28.0 Å². The predicted molar refractivity (Wildman–Crippen MR) is 132 cm³/mol. The van der Waals surface area contributed by atoms with Crippen LogP contribution in [0.15, 0.2) is 51.6 Å². The molecular formula is C23H19N3O6S3. The van der Waals surface area contributed by atoms with Crippen LogP contribution < -0.4 is 15.5 Å². The van der Waals surface area contributed by atoms with Gasteiger partial charge in [-0.05, 0) is 42.6 Å². The summed E-state index contributed by atoms with van der Waals surface area (Å²) >= 11 is 3.63. The van der Waals surface area contributed by atoms with Gasteiger partial charge in [0.15, 0.2) is 0 Å². The minimum Gasteiger partial charge on any atom is -0.462 e. The Morgan fingerprint density at radius 1 is 1.11 bits per heavy atom. The van der Waals surface area contributed by atoms with Crippen LogP contribution in [0.4, 0.5) is 5.69 Å². The number of nitrogens with zero attached hydrogens (tertiary/aromatic N) is 1. The van der Waals surface area contributed by atoms with Crippen LogP contribution >= 0.6 is 34.4 Å². The molecule has 2 aromatic heterocycles. The molecule has 0 aliphatic carbocycles. The Hall–Kier alpha value is -3.22. The Morgan fingerprint density at radius 2 is 1.89 bits per heavy atom. The average molecular weight is 530 g/mol. The third kappa shape index (κ3) is 4.32. The Labute approximate surface area is 211 Å². The molecule has 180 valence electrons. The minimum atomic E-state index is -0.666. The summed E-state index contributed by atoms with van der Waals surface area (Å²) in [7, 11) is 0. The number of anilines is 1. The van der Waals surface area contributed by atoms with Crippen molar-refractivity contribution in [1.29, 1.82) is 0 Å². The number of hydrogen-bond acceptors (Lipinski definition) is 9. The number of fused-ring (bicyclic) bond motifs is 2. The highest BCUT2D eigenvalue weighted by molar-refractivity contribution is 8.00. The summed E-state index contributed by atoms with van der Waals surface area (Å²) in [6.07, 6.45) is 0. The van der Waals surface area contributed by atoms with Gasteiger partial charge in [-0.1, -0.05) is 29.2 Å². The van der Waals surface area contributed by atoms with Gasteiger partial charge in [0.1, 0.15) is 11.8 Å². The number of aromatic nitrogens is 1. The highest BCUT2D eigenvalue weighted by atomic mass is 32.2. The molecule has 1 aromatic carbocycles. The van der Waals surface area contributed by atoms with Crippen LogP contribution in [0.3, 0.4) is 0 Å². The van der Waals surface area contributed by atoms with E-state index >= 15 is 0 Å². The molecule has 9 nitrogen and oxygen atoms in total. The first-order chi connectivity index (χ1) is 16.9. The fraction of sp³-hybridized carbons (Fsp3) is 0.261. The highest BCUT2D eigenvalue weighted by Crippen LogP contribution is 2.52. The van der Waals surface area contributed by atoms with E-state index < -0.39 is 29.0 Å². The molecule has 2 aliphatic rings. The average Bonchev–Trinajstić information content (AvgIpc) is 3.53.